The molecule has 0 heterocycles. The van der Waals surface area contributed by atoms with Gasteiger partial charge in [0.05, 0.1) is 0 Å². The zero-order valence-electron chi connectivity index (χ0n) is 5.77. The van der Waals surface area contributed by atoms with Crippen LogP contribution in [0.15, 0.2) is 12.2 Å². The SMILES string of the molecule is CCOCC/C=C/CCl. The summed E-state index contributed by atoms with van der Waals surface area (Å²) in [4.78, 5) is 0. The van der Waals surface area contributed by atoms with Gasteiger partial charge in [0.1, 0.15) is 0 Å². The lowest BCUT2D eigenvalue weighted by Crippen LogP contribution is -1.90. The molecule has 0 aliphatic heterocycles. The zero-order valence-corrected chi connectivity index (χ0v) is 6.53. The predicted octanol–water partition coefficient (Wildman–Crippen LogP) is 2.21. The van der Waals surface area contributed by atoms with E-state index >= 15 is 0 Å². The van der Waals surface area contributed by atoms with Crippen molar-refractivity contribution in [1.82, 2.24) is 0 Å². The molecule has 0 N–H and O–H groups in total. The van der Waals surface area contributed by atoms with Gasteiger partial charge in [-0.05, 0) is 13.3 Å². The van der Waals surface area contributed by atoms with Crippen molar-refractivity contribution < 1.29 is 4.74 Å². The van der Waals surface area contributed by atoms with Gasteiger partial charge in [-0.2, -0.15) is 0 Å². The van der Waals surface area contributed by atoms with Crippen molar-refractivity contribution in [3.63, 3.8) is 0 Å². The molecule has 0 aromatic heterocycles. The minimum Gasteiger partial charge on any atom is -0.381 e. The van der Waals surface area contributed by atoms with E-state index in [4.69, 9.17) is 16.3 Å². The Hall–Kier alpha value is -0.0100. The van der Waals surface area contributed by atoms with Crippen LogP contribution in [0.5, 0.6) is 0 Å². The van der Waals surface area contributed by atoms with Crippen molar-refractivity contribution in [3.8, 4) is 0 Å². The van der Waals surface area contributed by atoms with Crippen LogP contribution >= 0.6 is 11.6 Å². The highest BCUT2D eigenvalue weighted by Gasteiger charge is 1.78. The third-order valence-corrected chi connectivity index (χ3v) is 1.07. The molecule has 0 amide bonds. The molecule has 0 aliphatic carbocycles. The van der Waals surface area contributed by atoms with Gasteiger partial charge in [0.2, 0.25) is 0 Å². The van der Waals surface area contributed by atoms with E-state index in [0.717, 1.165) is 19.6 Å². The Labute approximate surface area is 61.7 Å². The van der Waals surface area contributed by atoms with E-state index in [2.05, 4.69) is 0 Å². The molecule has 54 valence electrons. The Morgan fingerprint density at radius 3 is 2.78 bits per heavy atom. The fourth-order valence-corrected chi connectivity index (χ4v) is 0.603. The number of hydrogen-bond donors (Lipinski definition) is 0. The van der Waals surface area contributed by atoms with Gasteiger partial charge in [-0.3, -0.25) is 0 Å². The highest BCUT2D eigenvalue weighted by Crippen LogP contribution is 1.85. The molecule has 0 aliphatic rings. The Morgan fingerprint density at radius 2 is 2.22 bits per heavy atom. The van der Waals surface area contributed by atoms with E-state index in [0.29, 0.717) is 5.88 Å². The Bertz CT molecular complexity index is 71.3. The van der Waals surface area contributed by atoms with E-state index in [1.807, 2.05) is 19.1 Å². The molecule has 0 fully saturated rings. The van der Waals surface area contributed by atoms with E-state index in [-0.39, 0.29) is 0 Å². The lowest BCUT2D eigenvalue weighted by molar-refractivity contribution is 0.152. The van der Waals surface area contributed by atoms with E-state index in [9.17, 15) is 0 Å². The molecular formula is C7H13ClO. The Morgan fingerprint density at radius 1 is 1.44 bits per heavy atom. The highest BCUT2D eigenvalue weighted by molar-refractivity contribution is 6.18. The van der Waals surface area contributed by atoms with Gasteiger partial charge in [-0.25, -0.2) is 0 Å². The fraction of sp³-hybridized carbons (Fsp3) is 0.714. The first-order valence-corrected chi connectivity index (χ1v) is 3.74. The van der Waals surface area contributed by atoms with Crippen LogP contribution in [0.4, 0.5) is 0 Å². The van der Waals surface area contributed by atoms with E-state index in [1.54, 1.807) is 0 Å². The van der Waals surface area contributed by atoms with Gasteiger partial charge in [0.15, 0.2) is 0 Å². The molecule has 0 spiro atoms. The van der Waals surface area contributed by atoms with Crippen LogP contribution in [0.2, 0.25) is 0 Å². The molecule has 0 unspecified atom stereocenters. The van der Waals surface area contributed by atoms with Crippen LogP contribution in [0.3, 0.4) is 0 Å². The quantitative estimate of drug-likeness (QED) is 0.330. The second-order valence-electron chi connectivity index (χ2n) is 1.61. The van der Waals surface area contributed by atoms with Crippen LogP contribution in [0.25, 0.3) is 0 Å². The van der Waals surface area contributed by atoms with Crippen molar-refractivity contribution in [2.24, 2.45) is 0 Å². The molecule has 0 saturated heterocycles. The van der Waals surface area contributed by atoms with Crippen LogP contribution < -0.4 is 0 Å². The van der Waals surface area contributed by atoms with Crippen molar-refractivity contribution in [2.75, 3.05) is 19.1 Å². The lowest BCUT2D eigenvalue weighted by Gasteiger charge is -1.93. The largest absolute Gasteiger partial charge is 0.381 e. The molecule has 0 aromatic rings. The number of hydrogen-bond acceptors (Lipinski definition) is 1. The van der Waals surface area contributed by atoms with Gasteiger partial charge in [-0.1, -0.05) is 12.2 Å². The fourth-order valence-electron chi connectivity index (χ4n) is 0.477. The van der Waals surface area contributed by atoms with Gasteiger partial charge >= 0.3 is 0 Å². The molecule has 0 rings (SSSR count). The summed E-state index contributed by atoms with van der Waals surface area (Å²) in [5.74, 6) is 0.603. The molecular weight excluding hydrogens is 136 g/mol. The monoisotopic (exact) mass is 148 g/mol. The maximum absolute atomic E-state index is 5.39. The Kier molecular flexibility index (Phi) is 7.98. The highest BCUT2D eigenvalue weighted by atomic mass is 35.5. The molecule has 0 saturated carbocycles. The van der Waals surface area contributed by atoms with Crippen LogP contribution in [-0.4, -0.2) is 19.1 Å². The molecule has 0 aromatic carbocycles. The van der Waals surface area contributed by atoms with E-state index < -0.39 is 0 Å². The zero-order chi connectivity index (χ0) is 6.95. The number of halogens is 1. The van der Waals surface area contributed by atoms with Gasteiger partial charge in [0, 0.05) is 19.1 Å². The minimum atomic E-state index is 0.603. The standard InChI is InChI=1S/C7H13ClO/c1-2-9-7-5-3-4-6-8/h3-4H,2,5-7H2,1H3/b4-3+. The summed E-state index contributed by atoms with van der Waals surface area (Å²) in [5, 5.41) is 0. The van der Waals surface area contributed by atoms with Crippen molar-refractivity contribution >= 4 is 11.6 Å². The van der Waals surface area contributed by atoms with Gasteiger partial charge in [-0.15, -0.1) is 11.6 Å². The number of ether oxygens (including phenoxy) is 1. The number of rotatable bonds is 5. The average Bonchev–Trinajstić information content (AvgIpc) is 1.89. The summed E-state index contributed by atoms with van der Waals surface area (Å²) < 4.78 is 5.09. The normalized spacial score (nSPS) is 10.9. The molecule has 9 heavy (non-hydrogen) atoms. The molecule has 1 nitrogen and oxygen atoms in total. The predicted molar refractivity (Wildman–Crippen MR) is 41.0 cm³/mol. The maximum atomic E-state index is 5.39. The summed E-state index contributed by atoms with van der Waals surface area (Å²) in [6, 6.07) is 0. The summed E-state index contributed by atoms with van der Waals surface area (Å²) in [6.45, 7) is 3.60. The number of alkyl halides is 1. The maximum Gasteiger partial charge on any atom is 0.0500 e. The van der Waals surface area contributed by atoms with Crippen molar-refractivity contribution in [1.29, 1.82) is 0 Å². The minimum absolute atomic E-state index is 0.603. The lowest BCUT2D eigenvalue weighted by atomic mass is 10.4. The first kappa shape index (κ1) is 8.99. The van der Waals surface area contributed by atoms with Crippen molar-refractivity contribution in [3.05, 3.63) is 12.2 Å². The first-order valence-electron chi connectivity index (χ1n) is 3.20. The molecule has 0 atom stereocenters. The first-order chi connectivity index (χ1) is 4.41. The third kappa shape index (κ3) is 7.99. The average molecular weight is 149 g/mol. The molecule has 0 bridgehead atoms. The van der Waals surface area contributed by atoms with Gasteiger partial charge in [0.25, 0.3) is 0 Å². The van der Waals surface area contributed by atoms with Gasteiger partial charge < -0.3 is 4.74 Å². The summed E-state index contributed by atoms with van der Waals surface area (Å²) in [5.41, 5.74) is 0. The molecule has 0 radical (unpaired) electrons. The van der Waals surface area contributed by atoms with Crippen LogP contribution in [0.1, 0.15) is 13.3 Å². The third-order valence-electron chi connectivity index (χ3n) is 0.889. The van der Waals surface area contributed by atoms with E-state index in [1.165, 1.54) is 0 Å². The molecule has 2 heteroatoms. The summed E-state index contributed by atoms with van der Waals surface area (Å²) in [7, 11) is 0. The second kappa shape index (κ2) is 7.99. The van der Waals surface area contributed by atoms with Crippen LogP contribution in [-0.2, 0) is 4.74 Å². The Balaban J connectivity index is 2.82. The summed E-state index contributed by atoms with van der Waals surface area (Å²) >= 11 is 5.39. The van der Waals surface area contributed by atoms with Crippen LogP contribution in [0, 0.1) is 0 Å². The topological polar surface area (TPSA) is 9.23 Å². The second-order valence-corrected chi connectivity index (χ2v) is 1.92. The van der Waals surface area contributed by atoms with Crippen molar-refractivity contribution in [2.45, 2.75) is 13.3 Å². The smallest absolute Gasteiger partial charge is 0.0500 e. The number of allylic oxidation sites excluding steroid dienone is 1. The summed E-state index contributed by atoms with van der Waals surface area (Å²) in [6.07, 6.45) is 4.93.